The Kier molecular flexibility index (Phi) is 6.15. The van der Waals surface area contributed by atoms with E-state index in [1.807, 2.05) is 18.3 Å². The van der Waals surface area contributed by atoms with Crippen molar-refractivity contribution in [1.29, 1.82) is 0 Å². The van der Waals surface area contributed by atoms with E-state index in [-0.39, 0.29) is 0 Å². The summed E-state index contributed by atoms with van der Waals surface area (Å²) in [5.74, 6) is 0. The maximum atomic E-state index is 6.59. The van der Waals surface area contributed by atoms with Gasteiger partial charge < -0.3 is 13.9 Å². The molecule has 0 radical (unpaired) electrons. The second kappa shape index (κ2) is 11.0. The minimum atomic E-state index is 0.807. The van der Waals surface area contributed by atoms with Crippen LogP contribution in [0.1, 0.15) is 0 Å². The Bertz CT molecular complexity index is 2820. The van der Waals surface area contributed by atoms with Crippen molar-refractivity contribution < 1.29 is 4.42 Å². The first-order chi connectivity index (χ1) is 24.3. The van der Waals surface area contributed by atoms with E-state index in [1.165, 1.54) is 27.4 Å². The number of benzene rings is 7. The molecule has 10 aromatic rings. The Morgan fingerprint density at radius 3 is 2.02 bits per heavy atom. The van der Waals surface area contributed by atoms with Gasteiger partial charge in [0.2, 0.25) is 0 Å². The first kappa shape index (κ1) is 27.5. The van der Waals surface area contributed by atoms with Gasteiger partial charge in [0, 0.05) is 44.8 Å². The molecule has 49 heavy (non-hydrogen) atoms. The highest BCUT2D eigenvalue weighted by Gasteiger charge is 2.22. The van der Waals surface area contributed by atoms with Crippen LogP contribution < -0.4 is 4.90 Å². The van der Waals surface area contributed by atoms with Gasteiger partial charge in [-0.25, -0.2) is 0 Å². The zero-order valence-electron chi connectivity index (χ0n) is 26.5. The Morgan fingerprint density at radius 1 is 0.510 bits per heavy atom. The molecule has 0 aliphatic carbocycles. The third-order valence-electron chi connectivity index (χ3n) is 9.61. The largest absolute Gasteiger partial charge is 0.454 e. The molecule has 0 aliphatic rings. The van der Waals surface area contributed by atoms with Crippen LogP contribution in [0.2, 0.25) is 0 Å². The third kappa shape index (κ3) is 4.35. The fourth-order valence-electron chi connectivity index (χ4n) is 7.37. The minimum absolute atomic E-state index is 0.807. The number of hydrogen-bond acceptors (Lipinski definition) is 3. The molecule has 0 aliphatic heterocycles. The lowest BCUT2D eigenvalue weighted by Crippen LogP contribution is -2.10. The molecule has 0 amide bonds. The van der Waals surface area contributed by atoms with Crippen LogP contribution in [0.15, 0.2) is 180 Å². The summed E-state index contributed by atoms with van der Waals surface area (Å²) in [6.07, 6.45) is 1.95. The van der Waals surface area contributed by atoms with Crippen molar-refractivity contribution in [2.75, 3.05) is 4.90 Å². The Labute approximate surface area is 282 Å². The van der Waals surface area contributed by atoms with Crippen molar-refractivity contribution in [3.05, 3.63) is 176 Å². The first-order valence-corrected chi connectivity index (χ1v) is 16.5. The monoisotopic (exact) mass is 627 g/mol. The van der Waals surface area contributed by atoms with Gasteiger partial charge in [-0.2, -0.15) is 0 Å². The van der Waals surface area contributed by atoms with E-state index < -0.39 is 0 Å². The normalized spacial score (nSPS) is 11.7. The van der Waals surface area contributed by atoms with E-state index in [9.17, 15) is 0 Å². The molecule has 7 aromatic carbocycles. The van der Waals surface area contributed by atoms with Gasteiger partial charge in [-0.05, 0) is 71.8 Å². The number of pyridine rings is 1. The van der Waals surface area contributed by atoms with Crippen LogP contribution in [0, 0.1) is 0 Å². The maximum absolute atomic E-state index is 6.59. The zero-order chi connectivity index (χ0) is 32.3. The van der Waals surface area contributed by atoms with Crippen molar-refractivity contribution >= 4 is 71.7 Å². The van der Waals surface area contributed by atoms with Gasteiger partial charge in [-0.3, -0.25) is 4.98 Å². The summed E-state index contributed by atoms with van der Waals surface area (Å²) in [4.78, 5) is 7.33. The SMILES string of the molecule is c1ccc(-c2ccc(N(c3ccc4c(c3)c3ccccc3n4-c3ccccc3)c3cccc4oc5c6ccccc6cnc5c34)cc2)cc1. The van der Waals surface area contributed by atoms with Crippen LogP contribution >= 0.6 is 0 Å². The van der Waals surface area contributed by atoms with E-state index in [0.29, 0.717) is 0 Å². The number of aromatic nitrogens is 2. The molecule has 0 bridgehead atoms. The molecule has 4 nitrogen and oxygen atoms in total. The summed E-state index contributed by atoms with van der Waals surface area (Å²) in [5, 5.41) is 5.51. The smallest absolute Gasteiger partial charge is 0.161 e. The molecule has 10 rings (SSSR count). The molecular formula is C45H29N3O. The number of fused-ring (bicyclic) bond motifs is 8. The predicted molar refractivity (Wildman–Crippen MR) is 203 cm³/mol. The molecule has 230 valence electrons. The number of rotatable bonds is 5. The summed E-state index contributed by atoms with van der Waals surface area (Å²) in [6, 6.07) is 60.0. The molecule has 0 saturated carbocycles. The summed E-state index contributed by atoms with van der Waals surface area (Å²) in [6.45, 7) is 0. The average molecular weight is 628 g/mol. The molecule has 0 saturated heterocycles. The zero-order valence-corrected chi connectivity index (χ0v) is 26.5. The molecule has 3 heterocycles. The molecule has 0 spiro atoms. The molecular weight excluding hydrogens is 599 g/mol. The molecule has 0 atom stereocenters. The second-order valence-electron chi connectivity index (χ2n) is 12.4. The molecule has 0 fully saturated rings. The highest BCUT2D eigenvalue weighted by molar-refractivity contribution is 6.18. The number of hydrogen-bond donors (Lipinski definition) is 0. The number of furan rings is 1. The van der Waals surface area contributed by atoms with Crippen LogP contribution in [-0.4, -0.2) is 9.55 Å². The van der Waals surface area contributed by atoms with Crippen molar-refractivity contribution in [2.45, 2.75) is 0 Å². The standard InChI is InChI=1S/C45H29N3O/c1-3-12-30(13-4-1)31-22-24-34(25-23-31)47(41-20-11-21-42-43(41)44-45(49-42)36-17-8-7-14-32(36)29-46-44)35-26-27-40-38(28-35)37-18-9-10-19-39(37)48(40)33-15-5-2-6-16-33/h1-29H. The van der Waals surface area contributed by atoms with Crippen molar-refractivity contribution in [3.8, 4) is 16.8 Å². The highest BCUT2D eigenvalue weighted by Crippen LogP contribution is 2.45. The van der Waals surface area contributed by atoms with E-state index >= 15 is 0 Å². The van der Waals surface area contributed by atoms with Crippen LogP contribution in [0.25, 0.3) is 71.5 Å². The summed E-state index contributed by atoms with van der Waals surface area (Å²) < 4.78 is 8.95. The third-order valence-corrected chi connectivity index (χ3v) is 9.61. The lowest BCUT2D eigenvalue weighted by atomic mass is 10.0. The highest BCUT2D eigenvalue weighted by atomic mass is 16.3. The first-order valence-electron chi connectivity index (χ1n) is 16.5. The van der Waals surface area contributed by atoms with Gasteiger partial charge in [0.15, 0.2) is 5.58 Å². The molecule has 0 N–H and O–H groups in total. The number of anilines is 3. The average Bonchev–Trinajstić information content (AvgIpc) is 3.72. The van der Waals surface area contributed by atoms with E-state index in [1.54, 1.807) is 0 Å². The molecule has 4 heteroatoms. The van der Waals surface area contributed by atoms with Gasteiger partial charge in [0.25, 0.3) is 0 Å². The van der Waals surface area contributed by atoms with Crippen LogP contribution in [0.5, 0.6) is 0 Å². The van der Waals surface area contributed by atoms with Crippen molar-refractivity contribution in [2.24, 2.45) is 0 Å². The second-order valence-corrected chi connectivity index (χ2v) is 12.4. The Morgan fingerprint density at radius 2 is 1.18 bits per heavy atom. The summed E-state index contributed by atoms with van der Waals surface area (Å²) in [7, 11) is 0. The lowest BCUT2D eigenvalue weighted by molar-refractivity contribution is 0.672. The van der Waals surface area contributed by atoms with Gasteiger partial charge in [0.1, 0.15) is 11.1 Å². The number of nitrogens with zero attached hydrogens (tertiary/aromatic N) is 3. The van der Waals surface area contributed by atoms with Gasteiger partial charge in [-0.1, -0.05) is 109 Å². The van der Waals surface area contributed by atoms with Crippen molar-refractivity contribution in [3.63, 3.8) is 0 Å². The lowest BCUT2D eigenvalue weighted by Gasteiger charge is -2.26. The topological polar surface area (TPSA) is 34.2 Å². The Hall–Kier alpha value is -6.65. The number of para-hydroxylation sites is 2. The van der Waals surface area contributed by atoms with Gasteiger partial charge in [-0.15, -0.1) is 0 Å². The van der Waals surface area contributed by atoms with Gasteiger partial charge >= 0.3 is 0 Å². The maximum Gasteiger partial charge on any atom is 0.161 e. The van der Waals surface area contributed by atoms with Gasteiger partial charge in [0.05, 0.1) is 22.1 Å². The van der Waals surface area contributed by atoms with Crippen molar-refractivity contribution in [1.82, 2.24) is 9.55 Å². The molecule has 0 unspecified atom stereocenters. The van der Waals surface area contributed by atoms with E-state index in [4.69, 9.17) is 9.40 Å². The van der Waals surface area contributed by atoms with Crippen LogP contribution in [-0.2, 0) is 0 Å². The Balaban J connectivity index is 1.24. The molecule has 3 aromatic heterocycles. The predicted octanol–water partition coefficient (Wildman–Crippen LogP) is 12.4. The van der Waals surface area contributed by atoms with Crippen LogP contribution in [0.4, 0.5) is 17.1 Å². The van der Waals surface area contributed by atoms with Crippen LogP contribution in [0.3, 0.4) is 0 Å². The van der Waals surface area contributed by atoms with E-state index in [2.05, 4.69) is 167 Å². The fraction of sp³-hybridized carbons (Fsp3) is 0. The summed E-state index contributed by atoms with van der Waals surface area (Å²) >= 11 is 0. The minimum Gasteiger partial charge on any atom is -0.454 e. The fourth-order valence-corrected chi connectivity index (χ4v) is 7.37. The quantitative estimate of drug-likeness (QED) is 0.190. The summed E-state index contributed by atoms with van der Waals surface area (Å²) in [5.41, 5.74) is 11.4. The van der Waals surface area contributed by atoms with E-state index in [0.717, 1.165) is 61.1 Å².